The maximum Gasteiger partial charge on any atom is 0.469 e. The minimum absolute atomic E-state index is 0.0229. The maximum absolute atomic E-state index is 12.4. The van der Waals surface area contributed by atoms with Crippen LogP contribution in [-0.4, -0.2) is 58.0 Å². The average molecular weight is 749 g/mol. The zero-order valence-electron chi connectivity index (χ0n) is 31.5. The van der Waals surface area contributed by atoms with E-state index in [1.54, 1.807) is 12.2 Å². The van der Waals surface area contributed by atoms with Gasteiger partial charge in [0.1, 0.15) is 6.61 Å². The van der Waals surface area contributed by atoms with Crippen molar-refractivity contribution in [3.8, 4) is 0 Å². The number of rotatable bonds is 31. The van der Waals surface area contributed by atoms with Gasteiger partial charge in [0, 0.05) is 18.8 Å². The lowest BCUT2D eigenvalue weighted by Gasteiger charge is -2.18. The van der Waals surface area contributed by atoms with Gasteiger partial charge in [-0.3, -0.25) is 18.9 Å². The van der Waals surface area contributed by atoms with Crippen molar-refractivity contribution >= 4 is 25.5 Å². The number of carbonyl (C=O) groups is 3. The van der Waals surface area contributed by atoms with Crippen molar-refractivity contribution in [1.82, 2.24) is 0 Å². The van der Waals surface area contributed by atoms with Crippen LogP contribution >= 0.6 is 7.82 Å². The number of hydrogen-bond donors (Lipinski definition) is 3. The molecule has 0 saturated heterocycles. The number of esters is 2. The molecule has 0 unspecified atom stereocenters. The van der Waals surface area contributed by atoms with E-state index in [1.807, 2.05) is 24.3 Å². The molecule has 0 saturated carbocycles. The molecule has 10 nitrogen and oxygen atoms in total. The van der Waals surface area contributed by atoms with E-state index in [0.717, 1.165) is 51.4 Å². The van der Waals surface area contributed by atoms with Crippen molar-refractivity contribution in [2.75, 3.05) is 13.2 Å². The number of aliphatic hydroxyl groups excluding tert-OH is 1. The van der Waals surface area contributed by atoms with Gasteiger partial charge >= 0.3 is 19.8 Å². The molecule has 294 valence electrons. The van der Waals surface area contributed by atoms with Gasteiger partial charge in [0.2, 0.25) is 0 Å². The van der Waals surface area contributed by atoms with Gasteiger partial charge in [-0.15, -0.1) is 0 Å². The van der Waals surface area contributed by atoms with Gasteiger partial charge in [0.25, 0.3) is 0 Å². The fourth-order valence-electron chi connectivity index (χ4n) is 5.43. The first-order chi connectivity index (χ1) is 25.1. The number of ether oxygens (including phenoxy) is 2. The lowest BCUT2D eigenvalue weighted by molar-refractivity contribution is -0.161. The molecule has 0 radical (unpaired) electrons. The molecule has 0 amide bonds. The summed E-state index contributed by atoms with van der Waals surface area (Å²) in [6, 6.07) is 0. The van der Waals surface area contributed by atoms with E-state index in [4.69, 9.17) is 19.3 Å². The van der Waals surface area contributed by atoms with Crippen LogP contribution in [0.4, 0.5) is 0 Å². The highest BCUT2D eigenvalue weighted by molar-refractivity contribution is 7.46. The molecule has 0 spiro atoms. The van der Waals surface area contributed by atoms with Crippen molar-refractivity contribution < 1.29 is 47.8 Å². The number of allylic oxidation sites excluding steroid dienone is 11. The summed E-state index contributed by atoms with van der Waals surface area (Å²) in [7, 11) is -4.82. The fourth-order valence-corrected chi connectivity index (χ4v) is 5.79. The molecule has 11 heteroatoms. The second-order valence-corrected chi connectivity index (χ2v) is 14.4. The molecule has 0 aromatic carbocycles. The molecule has 1 aliphatic rings. The van der Waals surface area contributed by atoms with E-state index in [9.17, 15) is 24.1 Å². The van der Waals surface area contributed by atoms with Crippen LogP contribution in [0.3, 0.4) is 0 Å². The maximum atomic E-state index is 12.4. The molecular formula is C41H65O10P. The first kappa shape index (κ1) is 47.1. The van der Waals surface area contributed by atoms with Crippen LogP contribution < -0.4 is 0 Å². The van der Waals surface area contributed by atoms with Gasteiger partial charge in [-0.25, -0.2) is 4.57 Å². The summed E-state index contributed by atoms with van der Waals surface area (Å²) in [6.45, 7) is 3.33. The lowest BCUT2D eigenvalue weighted by atomic mass is 9.90. The first-order valence-electron chi connectivity index (χ1n) is 19.3. The Labute approximate surface area is 312 Å². The van der Waals surface area contributed by atoms with Crippen LogP contribution in [0, 0.1) is 11.8 Å². The van der Waals surface area contributed by atoms with E-state index in [1.165, 1.54) is 19.3 Å². The smallest absolute Gasteiger partial charge is 0.462 e. The summed E-state index contributed by atoms with van der Waals surface area (Å²) >= 11 is 0. The Bertz CT molecular complexity index is 1210. The van der Waals surface area contributed by atoms with Crippen LogP contribution in [0.5, 0.6) is 0 Å². The number of phosphoric ester groups is 1. The largest absolute Gasteiger partial charge is 0.469 e. The summed E-state index contributed by atoms with van der Waals surface area (Å²) in [5.74, 6) is -1.32. The third-order valence-corrected chi connectivity index (χ3v) is 8.93. The highest BCUT2D eigenvalue weighted by Crippen LogP contribution is 2.36. The van der Waals surface area contributed by atoms with Crippen LogP contribution in [0.15, 0.2) is 72.9 Å². The number of phosphoric acid groups is 1. The zero-order valence-corrected chi connectivity index (χ0v) is 32.4. The van der Waals surface area contributed by atoms with Crippen LogP contribution in [-0.2, 0) is 32.9 Å². The Balaban J connectivity index is 2.33. The number of ketones is 1. The Morgan fingerprint density at radius 3 is 2.06 bits per heavy atom. The quantitative estimate of drug-likeness (QED) is 0.0270. The van der Waals surface area contributed by atoms with Gasteiger partial charge in [-0.1, -0.05) is 113 Å². The minimum Gasteiger partial charge on any atom is -0.462 e. The molecule has 3 N–H and O–H groups in total. The van der Waals surface area contributed by atoms with E-state index < -0.39 is 38.6 Å². The van der Waals surface area contributed by atoms with E-state index in [2.05, 4.69) is 54.8 Å². The molecule has 0 aliphatic heterocycles. The van der Waals surface area contributed by atoms with Crippen molar-refractivity contribution in [3.05, 3.63) is 72.9 Å². The highest BCUT2D eigenvalue weighted by atomic mass is 31.2. The third-order valence-electron chi connectivity index (χ3n) is 8.45. The normalized spacial score (nSPS) is 17.8. The monoisotopic (exact) mass is 748 g/mol. The summed E-state index contributed by atoms with van der Waals surface area (Å²) in [6.07, 6.45) is 36.8. The van der Waals surface area contributed by atoms with Gasteiger partial charge in [0.05, 0.1) is 12.7 Å². The Kier molecular flexibility index (Phi) is 27.7. The molecule has 0 aromatic rings. The summed E-state index contributed by atoms with van der Waals surface area (Å²) in [4.78, 5) is 55.2. The predicted molar refractivity (Wildman–Crippen MR) is 206 cm³/mol. The number of carbonyl (C=O) groups excluding carboxylic acids is 3. The Morgan fingerprint density at radius 1 is 0.788 bits per heavy atom. The Hall–Kier alpha value is -2.88. The van der Waals surface area contributed by atoms with Gasteiger partial charge in [0.15, 0.2) is 11.9 Å². The molecule has 1 aliphatic carbocycles. The number of hydrogen-bond acceptors (Lipinski definition) is 8. The second kappa shape index (κ2) is 30.6. The average Bonchev–Trinajstić information content (AvgIpc) is 3.46. The van der Waals surface area contributed by atoms with Crippen molar-refractivity contribution in [2.24, 2.45) is 11.8 Å². The molecule has 1 rings (SSSR count). The molecule has 52 heavy (non-hydrogen) atoms. The standard InChI is InChI=1S/C41H65O10P/c1-3-5-7-8-9-10-11-12-13-14-15-16-17-18-24-28-41(45)51-37(34-50-52(46,47)48)33-49-40(44)27-23-20-19-22-25-35-29-32-39(43)38(35)31-30-36(42)26-21-6-4-2/h9-10,12-13,15-16,19,22,29-32,35-38,42H,3-8,11,14,17-18,20-21,23-28,33-34H2,1-2H3,(H2,46,47,48)/b10-9-,13-12-,16-15-,22-19-,31-30+/t35-,36-,37+,38+/m0/s1. The summed E-state index contributed by atoms with van der Waals surface area (Å²) in [5.41, 5.74) is 0. The lowest BCUT2D eigenvalue weighted by Crippen LogP contribution is -2.29. The first-order valence-corrected chi connectivity index (χ1v) is 20.8. The summed E-state index contributed by atoms with van der Waals surface area (Å²) < 4.78 is 26.3. The molecular weight excluding hydrogens is 683 g/mol. The summed E-state index contributed by atoms with van der Waals surface area (Å²) in [5, 5.41) is 10.2. The van der Waals surface area contributed by atoms with E-state index in [-0.39, 0.29) is 37.1 Å². The Morgan fingerprint density at radius 2 is 1.38 bits per heavy atom. The molecule has 0 heterocycles. The van der Waals surface area contributed by atoms with E-state index >= 15 is 0 Å². The van der Waals surface area contributed by atoms with Crippen molar-refractivity contribution in [1.29, 1.82) is 0 Å². The minimum atomic E-state index is -4.82. The highest BCUT2D eigenvalue weighted by Gasteiger charge is 2.27. The predicted octanol–water partition coefficient (Wildman–Crippen LogP) is 9.13. The van der Waals surface area contributed by atoms with Crippen LogP contribution in [0.1, 0.15) is 129 Å². The fraction of sp³-hybridized carbons (Fsp3) is 0.634. The second-order valence-electron chi connectivity index (χ2n) is 13.2. The molecule has 4 atom stereocenters. The van der Waals surface area contributed by atoms with Crippen LogP contribution in [0.2, 0.25) is 0 Å². The third kappa shape index (κ3) is 26.8. The topological polar surface area (TPSA) is 157 Å². The SMILES string of the molecule is CCCCC/C=C\C/C=C\C/C=C\CCCCC(=O)O[C@H](COC(=O)CCC/C=C\C[C@H]1C=CC(=O)[C@@H]1/C=C/[C@@H](O)CCCCC)COP(=O)(O)O. The van der Waals surface area contributed by atoms with Crippen molar-refractivity contribution in [3.63, 3.8) is 0 Å². The van der Waals surface area contributed by atoms with E-state index in [0.29, 0.717) is 32.1 Å². The molecule has 0 fully saturated rings. The number of aliphatic hydroxyl groups is 1. The number of unbranched alkanes of at least 4 members (excludes halogenated alkanes) is 8. The van der Waals surface area contributed by atoms with Gasteiger partial charge in [-0.2, -0.15) is 0 Å². The van der Waals surface area contributed by atoms with Crippen molar-refractivity contribution in [2.45, 2.75) is 142 Å². The zero-order chi connectivity index (χ0) is 38.3. The van der Waals surface area contributed by atoms with Gasteiger partial charge in [-0.05, 0) is 82.6 Å². The van der Waals surface area contributed by atoms with Crippen LogP contribution in [0.25, 0.3) is 0 Å². The van der Waals surface area contributed by atoms with Gasteiger partial charge < -0.3 is 24.4 Å². The molecule has 0 aromatic heterocycles. The molecule has 0 bridgehead atoms.